The van der Waals surface area contributed by atoms with E-state index in [2.05, 4.69) is 15.3 Å². The summed E-state index contributed by atoms with van der Waals surface area (Å²) in [6.45, 7) is 0.485. The van der Waals surface area contributed by atoms with E-state index in [0.29, 0.717) is 41.3 Å². The molecule has 0 bridgehead atoms. The highest BCUT2D eigenvalue weighted by atomic mass is 32.1. The molecule has 114 valence electrons. The number of amides is 1. The number of hydrogen-bond donors (Lipinski definition) is 3. The highest BCUT2D eigenvalue weighted by molar-refractivity contribution is 7.14. The summed E-state index contributed by atoms with van der Waals surface area (Å²) in [7, 11) is 0. The van der Waals surface area contributed by atoms with Gasteiger partial charge in [-0.25, -0.2) is 9.78 Å². The van der Waals surface area contributed by atoms with Gasteiger partial charge in [0.1, 0.15) is 0 Å². The van der Waals surface area contributed by atoms with Crippen LogP contribution in [0.1, 0.15) is 12.8 Å². The van der Waals surface area contributed by atoms with Gasteiger partial charge in [0.15, 0.2) is 10.7 Å². The average Bonchev–Trinajstić information content (AvgIpc) is 3.09. The van der Waals surface area contributed by atoms with Crippen molar-refractivity contribution in [3.8, 4) is 11.3 Å². The molecule has 0 aliphatic rings. The smallest absolute Gasteiger partial charge is 0.408 e. The number of hydrogen-bond acceptors (Lipinski definition) is 6. The lowest BCUT2D eigenvalue weighted by Crippen LogP contribution is -2.13. The van der Waals surface area contributed by atoms with Crippen LogP contribution in [-0.4, -0.2) is 22.4 Å². The van der Waals surface area contributed by atoms with Crippen LogP contribution >= 0.6 is 11.3 Å². The Bertz CT molecular complexity index is 864. The van der Waals surface area contributed by atoms with Crippen LogP contribution in [0.5, 0.6) is 0 Å². The highest BCUT2D eigenvalue weighted by Gasteiger charge is 2.09. The minimum absolute atomic E-state index is 0.0987. The number of oxazole rings is 1. The molecular weight excluding hydrogens is 304 g/mol. The van der Waals surface area contributed by atoms with Crippen LogP contribution in [0.25, 0.3) is 22.4 Å². The maximum absolute atomic E-state index is 11.6. The zero-order chi connectivity index (χ0) is 15.5. The van der Waals surface area contributed by atoms with Gasteiger partial charge in [-0.15, -0.1) is 11.3 Å². The van der Waals surface area contributed by atoms with Gasteiger partial charge in [0.05, 0.1) is 11.2 Å². The molecule has 1 aromatic carbocycles. The van der Waals surface area contributed by atoms with E-state index in [9.17, 15) is 9.59 Å². The zero-order valence-corrected chi connectivity index (χ0v) is 12.4. The summed E-state index contributed by atoms with van der Waals surface area (Å²) in [6.07, 6.45) is 1.03. The van der Waals surface area contributed by atoms with Crippen molar-refractivity contribution in [1.29, 1.82) is 0 Å². The average molecular weight is 318 g/mol. The first-order valence-electron chi connectivity index (χ1n) is 6.74. The maximum Gasteiger partial charge on any atom is 0.417 e. The van der Waals surface area contributed by atoms with Crippen LogP contribution in [-0.2, 0) is 4.79 Å². The predicted molar refractivity (Wildman–Crippen MR) is 84.9 cm³/mol. The summed E-state index contributed by atoms with van der Waals surface area (Å²) >= 11 is 1.34. The van der Waals surface area contributed by atoms with E-state index < -0.39 is 5.76 Å². The van der Waals surface area contributed by atoms with Gasteiger partial charge in [0.2, 0.25) is 5.91 Å². The lowest BCUT2D eigenvalue weighted by Gasteiger charge is -2.00. The number of rotatable bonds is 5. The fraction of sp³-hybridized carbons (Fsp3) is 0.214. The van der Waals surface area contributed by atoms with Crippen molar-refractivity contribution in [1.82, 2.24) is 9.97 Å². The largest absolute Gasteiger partial charge is 0.417 e. The Morgan fingerprint density at radius 1 is 1.45 bits per heavy atom. The number of anilines is 1. The first-order valence-corrected chi connectivity index (χ1v) is 7.62. The van der Waals surface area contributed by atoms with Crippen molar-refractivity contribution in [3.63, 3.8) is 0 Å². The molecule has 0 aliphatic heterocycles. The van der Waals surface area contributed by atoms with E-state index in [1.807, 2.05) is 11.4 Å². The third kappa shape index (κ3) is 3.07. The topological polar surface area (TPSA) is 114 Å². The van der Waals surface area contributed by atoms with Crippen molar-refractivity contribution in [2.24, 2.45) is 5.73 Å². The summed E-state index contributed by atoms with van der Waals surface area (Å²) in [4.78, 5) is 29.7. The number of fused-ring (bicyclic) bond motifs is 1. The predicted octanol–water partition coefficient (Wildman–Crippen LogP) is 1.92. The van der Waals surface area contributed by atoms with Crippen LogP contribution in [0.3, 0.4) is 0 Å². The third-order valence-corrected chi connectivity index (χ3v) is 3.83. The Labute approximate surface area is 129 Å². The number of benzene rings is 1. The Morgan fingerprint density at radius 2 is 2.32 bits per heavy atom. The fourth-order valence-corrected chi connectivity index (χ4v) is 2.75. The number of aromatic amines is 1. The van der Waals surface area contributed by atoms with Gasteiger partial charge < -0.3 is 15.5 Å². The van der Waals surface area contributed by atoms with E-state index in [4.69, 9.17) is 10.2 Å². The first kappa shape index (κ1) is 14.5. The molecule has 0 saturated carbocycles. The molecular formula is C14H14N4O3S. The lowest BCUT2D eigenvalue weighted by molar-refractivity contribution is -0.116. The summed E-state index contributed by atoms with van der Waals surface area (Å²) < 4.78 is 5.03. The minimum atomic E-state index is -0.488. The van der Waals surface area contributed by atoms with Crippen molar-refractivity contribution >= 4 is 33.5 Å². The zero-order valence-electron chi connectivity index (χ0n) is 11.6. The SMILES string of the molecule is NCCCC(=O)Nc1nc(-c2ccc3[nH]c(=O)oc3c2)cs1. The van der Waals surface area contributed by atoms with Gasteiger partial charge in [-0.2, -0.15) is 0 Å². The van der Waals surface area contributed by atoms with Crippen LogP contribution in [0, 0.1) is 0 Å². The molecule has 0 unspecified atom stereocenters. The number of carbonyl (C=O) groups is 1. The number of nitrogens with zero attached hydrogens (tertiary/aromatic N) is 1. The van der Waals surface area contributed by atoms with Gasteiger partial charge in [-0.1, -0.05) is 6.07 Å². The summed E-state index contributed by atoms with van der Waals surface area (Å²) in [5.74, 6) is -0.586. The van der Waals surface area contributed by atoms with E-state index >= 15 is 0 Å². The number of nitrogens with one attached hydrogen (secondary N) is 2. The van der Waals surface area contributed by atoms with Crippen molar-refractivity contribution < 1.29 is 9.21 Å². The molecule has 0 atom stereocenters. The third-order valence-electron chi connectivity index (χ3n) is 3.08. The molecule has 22 heavy (non-hydrogen) atoms. The number of aromatic nitrogens is 2. The van der Waals surface area contributed by atoms with Crippen LogP contribution in [0.4, 0.5) is 5.13 Å². The lowest BCUT2D eigenvalue weighted by atomic mass is 10.1. The molecule has 3 rings (SSSR count). The van der Waals surface area contributed by atoms with Gasteiger partial charge >= 0.3 is 5.76 Å². The normalized spacial score (nSPS) is 11.0. The van der Waals surface area contributed by atoms with Gasteiger partial charge in [0, 0.05) is 17.4 Å². The monoisotopic (exact) mass is 318 g/mol. The van der Waals surface area contributed by atoms with Crippen molar-refractivity contribution in [3.05, 3.63) is 34.1 Å². The molecule has 2 heterocycles. The molecule has 0 spiro atoms. The molecule has 4 N–H and O–H groups in total. The Hall–Kier alpha value is -2.45. The molecule has 8 heteroatoms. The molecule has 0 radical (unpaired) electrons. The number of H-pyrrole nitrogens is 1. The summed E-state index contributed by atoms with van der Waals surface area (Å²) in [5.41, 5.74) is 8.01. The summed E-state index contributed by atoms with van der Waals surface area (Å²) in [6, 6.07) is 5.33. The first-order chi connectivity index (χ1) is 10.7. The molecule has 0 saturated heterocycles. The number of nitrogens with two attached hydrogens (primary N) is 1. The second-order valence-corrected chi connectivity index (χ2v) is 5.56. The maximum atomic E-state index is 11.6. The van der Waals surface area contributed by atoms with Crippen molar-refractivity contribution in [2.45, 2.75) is 12.8 Å². The summed E-state index contributed by atoms with van der Waals surface area (Å²) in [5, 5.41) is 5.11. The second-order valence-electron chi connectivity index (χ2n) is 4.70. The van der Waals surface area contributed by atoms with E-state index in [1.54, 1.807) is 12.1 Å². The van der Waals surface area contributed by atoms with Gasteiger partial charge in [-0.3, -0.25) is 9.78 Å². The standard InChI is InChI=1S/C14H14N4O3S/c15-5-1-2-12(19)18-13-16-10(7-22-13)8-3-4-9-11(6-8)21-14(20)17-9/h3-4,6-7H,1-2,5,15H2,(H,17,20)(H,16,18,19). The highest BCUT2D eigenvalue weighted by Crippen LogP contribution is 2.27. The Morgan fingerprint density at radius 3 is 3.14 bits per heavy atom. The molecule has 0 aliphatic carbocycles. The molecule has 1 amide bonds. The molecule has 2 aromatic heterocycles. The van der Waals surface area contributed by atoms with Crippen molar-refractivity contribution in [2.75, 3.05) is 11.9 Å². The molecule has 3 aromatic rings. The van der Waals surface area contributed by atoms with Crippen LogP contribution in [0.15, 0.2) is 32.8 Å². The minimum Gasteiger partial charge on any atom is -0.408 e. The Kier molecular flexibility index (Phi) is 4.03. The quantitative estimate of drug-likeness (QED) is 0.665. The van der Waals surface area contributed by atoms with Gasteiger partial charge in [0.25, 0.3) is 0 Å². The Balaban J connectivity index is 1.79. The number of thiazole rings is 1. The molecule has 0 fully saturated rings. The van der Waals surface area contributed by atoms with E-state index in [0.717, 1.165) is 5.56 Å². The van der Waals surface area contributed by atoms with Crippen LogP contribution < -0.4 is 16.8 Å². The second kappa shape index (κ2) is 6.12. The van der Waals surface area contributed by atoms with Crippen LogP contribution in [0.2, 0.25) is 0 Å². The van der Waals surface area contributed by atoms with Gasteiger partial charge in [-0.05, 0) is 25.1 Å². The van der Waals surface area contributed by atoms with E-state index in [1.165, 1.54) is 11.3 Å². The molecule has 7 nitrogen and oxygen atoms in total. The number of carbonyl (C=O) groups excluding carboxylic acids is 1. The fourth-order valence-electron chi connectivity index (χ4n) is 2.01. The van der Waals surface area contributed by atoms with E-state index in [-0.39, 0.29) is 5.91 Å².